The lowest BCUT2D eigenvalue weighted by Gasteiger charge is -2.14. The average molecular weight is 274 g/mol. The van der Waals surface area contributed by atoms with E-state index in [9.17, 15) is 23.0 Å². The van der Waals surface area contributed by atoms with Crippen LogP contribution in [0.2, 0.25) is 0 Å². The Bertz CT molecular complexity index is 509. The summed E-state index contributed by atoms with van der Waals surface area (Å²) in [4.78, 5) is 10.7. The molecule has 1 aliphatic rings. The van der Waals surface area contributed by atoms with Gasteiger partial charge in [0.25, 0.3) is 0 Å². The molecule has 0 bridgehead atoms. The first kappa shape index (κ1) is 13.7. The number of rotatable bonds is 2. The van der Waals surface area contributed by atoms with Gasteiger partial charge in [-0.2, -0.15) is 13.2 Å². The molecular weight excluding hydrogens is 264 g/mol. The van der Waals surface area contributed by atoms with E-state index >= 15 is 0 Å². The van der Waals surface area contributed by atoms with Crippen molar-refractivity contribution in [2.45, 2.75) is 12.3 Å². The SMILES string of the molecule is Nc1ccc2c(c1)B(O)OC2CNC(=O)C(F)(F)F. The van der Waals surface area contributed by atoms with Crippen LogP contribution in [0.25, 0.3) is 0 Å². The van der Waals surface area contributed by atoms with E-state index in [1.165, 1.54) is 6.07 Å². The van der Waals surface area contributed by atoms with E-state index in [0.717, 1.165) is 0 Å². The summed E-state index contributed by atoms with van der Waals surface area (Å²) >= 11 is 0. The first-order chi connectivity index (χ1) is 8.79. The molecule has 1 aliphatic heterocycles. The quantitative estimate of drug-likeness (QED) is 0.511. The fourth-order valence-corrected chi connectivity index (χ4v) is 1.85. The number of carbonyl (C=O) groups is 1. The molecule has 2 rings (SSSR count). The number of nitrogens with two attached hydrogens (primary N) is 1. The second-order valence-corrected chi connectivity index (χ2v) is 4.07. The first-order valence-corrected chi connectivity index (χ1v) is 5.37. The van der Waals surface area contributed by atoms with Crippen molar-refractivity contribution in [2.24, 2.45) is 0 Å². The van der Waals surface area contributed by atoms with E-state index in [-0.39, 0.29) is 6.54 Å². The molecule has 0 radical (unpaired) electrons. The van der Waals surface area contributed by atoms with E-state index in [2.05, 4.69) is 0 Å². The van der Waals surface area contributed by atoms with Gasteiger partial charge in [0.05, 0.1) is 6.10 Å². The lowest BCUT2D eigenvalue weighted by Crippen LogP contribution is -2.39. The van der Waals surface area contributed by atoms with Gasteiger partial charge in [0.2, 0.25) is 0 Å². The highest BCUT2D eigenvalue weighted by Crippen LogP contribution is 2.24. The summed E-state index contributed by atoms with van der Waals surface area (Å²) in [6, 6.07) is 4.57. The Kier molecular flexibility index (Phi) is 3.42. The number of benzene rings is 1. The van der Waals surface area contributed by atoms with E-state index in [1.54, 1.807) is 17.4 Å². The summed E-state index contributed by atoms with van der Waals surface area (Å²) in [5.74, 6) is -2.05. The molecule has 4 N–H and O–H groups in total. The molecule has 0 fully saturated rings. The molecule has 102 valence electrons. The molecule has 9 heteroatoms. The molecule has 0 spiro atoms. The molecule has 0 saturated heterocycles. The van der Waals surface area contributed by atoms with E-state index in [1.807, 2.05) is 0 Å². The van der Waals surface area contributed by atoms with Gasteiger partial charge in [0.1, 0.15) is 0 Å². The lowest BCUT2D eigenvalue weighted by atomic mass is 9.79. The van der Waals surface area contributed by atoms with E-state index in [4.69, 9.17) is 10.4 Å². The molecule has 1 unspecified atom stereocenters. The van der Waals surface area contributed by atoms with Crippen LogP contribution in [0, 0.1) is 0 Å². The molecule has 5 nitrogen and oxygen atoms in total. The minimum atomic E-state index is -4.94. The first-order valence-electron chi connectivity index (χ1n) is 5.37. The maximum absolute atomic E-state index is 12.0. The van der Waals surface area contributed by atoms with Crippen molar-refractivity contribution in [3.05, 3.63) is 23.8 Å². The van der Waals surface area contributed by atoms with Gasteiger partial charge in [0.15, 0.2) is 0 Å². The molecule has 19 heavy (non-hydrogen) atoms. The van der Waals surface area contributed by atoms with Gasteiger partial charge in [-0.05, 0) is 23.2 Å². The van der Waals surface area contributed by atoms with Crippen LogP contribution in [0.4, 0.5) is 18.9 Å². The summed E-state index contributed by atoms with van der Waals surface area (Å²) in [5, 5.41) is 11.3. The van der Waals surface area contributed by atoms with Gasteiger partial charge in [-0.3, -0.25) is 4.79 Å². The number of nitrogen functional groups attached to an aromatic ring is 1. The lowest BCUT2D eigenvalue weighted by molar-refractivity contribution is -0.173. The third-order valence-corrected chi connectivity index (χ3v) is 2.72. The zero-order valence-electron chi connectivity index (χ0n) is 9.57. The van der Waals surface area contributed by atoms with Crippen LogP contribution in [-0.4, -0.2) is 30.8 Å². The van der Waals surface area contributed by atoms with Crippen molar-refractivity contribution in [1.29, 1.82) is 0 Å². The number of amides is 1. The molecule has 1 heterocycles. The smallest absolute Gasteiger partial charge is 0.423 e. The largest absolute Gasteiger partial charge is 0.492 e. The number of fused-ring (bicyclic) bond motifs is 1. The number of halogens is 3. The van der Waals surface area contributed by atoms with Crippen molar-refractivity contribution in [2.75, 3.05) is 12.3 Å². The standard InChI is InChI=1S/C10H10BF3N2O3/c12-10(13,14)9(17)16-4-8-6-2-1-5(15)3-7(6)11(18)19-8/h1-3,8,18H,4,15H2,(H,16,17). The fourth-order valence-electron chi connectivity index (χ4n) is 1.85. The zero-order chi connectivity index (χ0) is 14.2. The van der Waals surface area contributed by atoms with Gasteiger partial charge >= 0.3 is 19.2 Å². The molecule has 0 aromatic heterocycles. The topological polar surface area (TPSA) is 84.6 Å². The van der Waals surface area contributed by atoms with Gasteiger partial charge in [-0.1, -0.05) is 6.07 Å². The summed E-state index contributed by atoms with van der Waals surface area (Å²) in [6.07, 6.45) is -5.78. The molecule has 0 aliphatic carbocycles. The summed E-state index contributed by atoms with van der Waals surface area (Å²) in [5.41, 5.74) is 6.84. The van der Waals surface area contributed by atoms with Crippen LogP contribution in [0.1, 0.15) is 11.7 Å². The second kappa shape index (κ2) is 4.74. The third kappa shape index (κ3) is 2.82. The minimum Gasteiger partial charge on any atom is -0.423 e. The highest BCUT2D eigenvalue weighted by molar-refractivity contribution is 6.61. The van der Waals surface area contributed by atoms with Crippen molar-refractivity contribution >= 4 is 24.2 Å². The monoisotopic (exact) mass is 274 g/mol. The zero-order valence-corrected chi connectivity index (χ0v) is 9.57. The Morgan fingerprint density at radius 1 is 1.53 bits per heavy atom. The average Bonchev–Trinajstić information content (AvgIpc) is 2.61. The number of carbonyl (C=O) groups excluding carboxylic acids is 1. The van der Waals surface area contributed by atoms with E-state index < -0.39 is 25.3 Å². The second-order valence-electron chi connectivity index (χ2n) is 4.07. The Hall–Kier alpha value is -1.74. The predicted molar refractivity (Wildman–Crippen MR) is 61.4 cm³/mol. The predicted octanol–water partition coefficient (Wildman–Crippen LogP) is -0.294. The molecule has 1 aromatic carbocycles. The number of hydrogen-bond donors (Lipinski definition) is 3. The number of hydrogen-bond acceptors (Lipinski definition) is 4. The minimum absolute atomic E-state index is 0.383. The van der Waals surface area contributed by atoms with Gasteiger partial charge in [-0.25, -0.2) is 0 Å². The molecule has 1 atom stereocenters. The highest BCUT2D eigenvalue weighted by Gasteiger charge is 2.40. The Morgan fingerprint density at radius 2 is 2.21 bits per heavy atom. The Balaban J connectivity index is 2.07. The fraction of sp³-hybridized carbons (Fsp3) is 0.300. The summed E-state index contributed by atoms with van der Waals surface area (Å²) in [7, 11) is -1.26. The molecular formula is C10H10BF3N2O3. The van der Waals surface area contributed by atoms with Crippen LogP contribution >= 0.6 is 0 Å². The van der Waals surface area contributed by atoms with Crippen molar-refractivity contribution in [3.8, 4) is 0 Å². The van der Waals surface area contributed by atoms with Crippen LogP contribution in [0.3, 0.4) is 0 Å². The highest BCUT2D eigenvalue weighted by atomic mass is 19.4. The van der Waals surface area contributed by atoms with Gasteiger partial charge in [0, 0.05) is 12.2 Å². The third-order valence-electron chi connectivity index (χ3n) is 2.72. The normalized spacial score (nSPS) is 18.3. The summed E-state index contributed by atoms with van der Waals surface area (Å²) < 4.78 is 41.2. The van der Waals surface area contributed by atoms with Crippen LogP contribution in [0.5, 0.6) is 0 Å². The number of nitrogens with one attached hydrogen (secondary N) is 1. The van der Waals surface area contributed by atoms with Crippen molar-refractivity contribution < 1.29 is 27.6 Å². The van der Waals surface area contributed by atoms with Crippen molar-refractivity contribution in [3.63, 3.8) is 0 Å². The van der Waals surface area contributed by atoms with Crippen molar-refractivity contribution in [1.82, 2.24) is 5.32 Å². The maximum Gasteiger partial charge on any atom is 0.492 e. The van der Waals surface area contributed by atoms with Crippen LogP contribution in [0.15, 0.2) is 18.2 Å². The van der Waals surface area contributed by atoms with Crippen LogP contribution < -0.4 is 16.5 Å². The Morgan fingerprint density at radius 3 is 2.84 bits per heavy atom. The number of anilines is 1. The molecule has 1 aromatic rings. The molecule has 0 saturated carbocycles. The Labute approximate surface area is 106 Å². The van der Waals surface area contributed by atoms with Crippen LogP contribution in [-0.2, 0) is 9.45 Å². The maximum atomic E-state index is 12.0. The number of alkyl halides is 3. The van der Waals surface area contributed by atoms with E-state index in [0.29, 0.717) is 16.7 Å². The van der Waals surface area contributed by atoms with Gasteiger partial charge in [-0.15, -0.1) is 0 Å². The van der Waals surface area contributed by atoms with Gasteiger partial charge < -0.3 is 20.7 Å². The molecule has 1 amide bonds. The summed E-state index contributed by atoms with van der Waals surface area (Å²) in [6.45, 7) is -0.383.